The van der Waals surface area contributed by atoms with Crippen LogP contribution in [-0.2, 0) is 0 Å². The molecule has 2 aromatic carbocycles. The molecule has 1 aliphatic rings. The maximum atomic E-state index is 13.4. The Bertz CT molecular complexity index is 1060. The minimum absolute atomic E-state index is 0.0825. The number of amides is 1. The summed E-state index contributed by atoms with van der Waals surface area (Å²) in [6.07, 6.45) is 2.90. The summed E-state index contributed by atoms with van der Waals surface area (Å²) < 4.78 is 25.0. The standard InChI is InChI=1S/C21H18BrFN4O3/c1-29-15-4-2-3-14(8-15)26-21(28)18-9-25-20(10-24-18)27-11-16(12-27)30-19-7-13(23)5-6-17(19)22/h2-10,16H,11-12H2,1H3,(H,26,28). The van der Waals surface area contributed by atoms with E-state index in [1.165, 1.54) is 18.3 Å². The number of carbonyl (C=O) groups is 1. The molecule has 1 N–H and O–H groups in total. The van der Waals surface area contributed by atoms with Crippen molar-refractivity contribution in [1.29, 1.82) is 0 Å². The summed E-state index contributed by atoms with van der Waals surface area (Å²) in [7, 11) is 1.56. The number of ether oxygens (including phenoxy) is 2. The largest absolute Gasteiger partial charge is 0.497 e. The van der Waals surface area contributed by atoms with Crippen LogP contribution in [0.1, 0.15) is 10.5 Å². The Balaban J connectivity index is 1.33. The zero-order valence-electron chi connectivity index (χ0n) is 16.0. The molecule has 30 heavy (non-hydrogen) atoms. The maximum absolute atomic E-state index is 13.4. The van der Waals surface area contributed by atoms with E-state index >= 15 is 0 Å². The minimum Gasteiger partial charge on any atom is -0.497 e. The fraction of sp³-hybridized carbons (Fsp3) is 0.190. The highest BCUT2D eigenvalue weighted by atomic mass is 79.9. The molecule has 1 fully saturated rings. The highest BCUT2D eigenvalue weighted by Gasteiger charge is 2.30. The van der Waals surface area contributed by atoms with Crippen LogP contribution < -0.4 is 19.7 Å². The van der Waals surface area contributed by atoms with Gasteiger partial charge in [-0.2, -0.15) is 0 Å². The van der Waals surface area contributed by atoms with Gasteiger partial charge in [-0.3, -0.25) is 4.79 Å². The molecule has 0 unspecified atom stereocenters. The number of nitrogens with zero attached hydrogens (tertiary/aromatic N) is 3. The summed E-state index contributed by atoms with van der Waals surface area (Å²) in [6.45, 7) is 1.18. The number of halogens is 2. The fourth-order valence-electron chi connectivity index (χ4n) is 2.94. The van der Waals surface area contributed by atoms with Crippen LogP contribution in [0.25, 0.3) is 0 Å². The van der Waals surface area contributed by atoms with Crippen molar-refractivity contribution in [2.75, 3.05) is 30.4 Å². The van der Waals surface area contributed by atoms with E-state index in [-0.39, 0.29) is 23.5 Å². The molecule has 154 valence electrons. The van der Waals surface area contributed by atoms with E-state index in [0.717, 1.165) is 0 Å². The molecule has 4 rings (SSSR count). The zero-order valence-corrected chi connectivity index (χ0v) is 17.6. The van der Waals surface area contributed by atoms with Gasteiger partial charge in [0.25, 0.3) is 5.91 Å². The van der Waals surface area contributed by atoms with Crippen molar-refractivity contribution in [3.05, 3.63) is 70.8 Å². The lowest BCUT2D eigenvalue weighted by Crippen LogP contribution is -2.54. The van der Waals surface area contributed by atoms with Gasteiger partial charge in [-0.05, 0) is 40.2 Å². The Kier molecular flexibility index (Phi) is 5.80. The van der Waals surface area contributed by atoms with Crippen molar-refractivity contribution < 1.29 is 18.7 Å². The molecule has 0 bridgehead atoms. The molecule has 1 saturated heterocycles. The Labute approximate surface area is 181 Å². The Morgan fingerprint density at radius 3 is 2.77 bits per heavy atom. The number of hydrogen-bond donors (Lipinski definition) is 1. The van der Waals surface area contributed by atoms with E-state index in [4.69, 9.17) is 9.47 Å². The normalized spacial score (nSPS) is 13.5. The predicted molar refractivity (Wildman–Crippen MR) is 114 cm³/mol. The summed E-state index contributed by atoms with van der Waals surface area (Å²) >= 11 is 3.35. The molecule has 1 amide bonds. The average molecular weight is 473 g/mol. The van der Waals surface area contributed by atoms with Crippen LogP contribution in [0.5, 0.6) is 11.5 Å². The quantitative estimate of drug-likeness (QED) is 0.585. The molecule has 0 aliphatic carbocycles. The predicted octanol–water partition coefficient (Wildman–Crippen LogP) is 3.91. The smallest absolute Gasteiger partial charge is 0.275 e. The molecule has 0 spiro atoms. The number of rotatable bonds is 6. The van der Waals surface area contributed by atoms with Crippen molar-refractivity contribution in [3.63, 3.8) is 0 Å². The Hall–Kier alpha value is -3.20. The van der Waals surface area contributed by atoms with Gasteiger partial charge in [0.2, 0.25) is 0 Å². The van der Waals surface area contributed by atoms with Gasteiger partial charge in [0.15, 0.2) is 0 Å². The van der Waals surface area contributed by atoms with Gasteiger partial charge in [0.05, 0.1) is 37.1 Å². The third-order valence-electron chi connectivity index (χ3n) is 4.56. The first kappa shape index (κ1) is 20.1. The average Bonchev–Trinajstić information content (AvgIpc) is 2.73. The van der Waals surface area contributed by atoms with Gasteiger partial charge in [-0.15, -0.1) is 0 Å². The van der Waals surface area contributed by atoms with Gasteiger partial charge >= 0.3 is 0 Å². The molecule has 1 aromatic heterocycles. The van der Waals surface area contributed by atoms with Crippen LogP contribution >= 0.6 is 15.9 Å². The highest BCUT2D eigenvalue weighted by molar-refractivity contribution is 9.10. The van der Waals surface area contributed by atoms with Crippen LogP contribution in [-0.4, -0.2) is 42.2 Å². The van der Waals surface area contributed by atoms with Crippen molar-refractivity contribution in [2.45, 2.75) is 6.10 Å². The Morgan fingerprint density at radius 2 is 2.03 bits per heavy atom. The molecular weight excluding hydrogens is 455 g/mol. The first-order chi connectivity index (χ1) is 14.5. The van der Waals surface area contributed by atoms with Crippen molar-refractivity contribution in [2.24, 2.45) is 0 Å². The van der Waals surface area contributed by atoms with E-state index in [1.807, 2.05) is 4.90 Å². The molecule has 7 nitrogen and oxygen atoms in total. The molecular formula is C21H18BrFN4O3. The summed E-state index contributed by atoms with van der Waals surface area (Å²) in [5, 5.41) is 2.76. The second-order valence-electron chi connectivity index (χ2n) is 6.67. The number of methoxy groups -OCH3 is 1. The number of nitrogens with one attached hydrogen (secondary N) is 1. The number of aromatic nitrogens is 2. The van der Waals surface area contributed by atoms with E-state index in [1.54, 1.807) is 43.6 Å². The molecule has 0 radical (unpaired) electrons. The molecule has 0 atom stereocenters. The molecule has 0 saturated carbocycles. The maximum Gasteiger partial charge on any atom is 0.275 e. The third kappa shape index (κ3) is 4.51. The topological polar surface area (TPSA) is 76.6 Å². The van der Waals surface area contributed by atoms with Crippen molar-refractivity contribution >= 4 is 33.3 Å². The number of hydrogen-bond acceptors (Lipinski definition) is 6. The van der Waals surface area contributed by atoms with E-state index in [9.17, 15) is 9.18 Å². The SMILES string of the molecule is COc1cccc(NC(=O)c2cnc(N3CC(Oc4cc(F)ccc4Br)C3)cn2)c1. The van der Waals surface area contributed by atoms with Gasteiger partial charge in [0.1, 0.15) is 34.9 Å². The fourth-order valence-corrected chi connectivity index (χ4v) is 3.28. The molecule has 9 heteroatoms. The summed E-state index contributed by atoms with van der Waals surface area (Å²) in [5.41, 5.74) is 0.815. The lowest BCUT2D eigenvalue weighted by atomic mass is 10.1. The number of carbonyl (C=O) groups excluding carboxylic acids is 1. The summed E-state index contributed by atoms with van der Waals surface area (Å²) in [5.74, 6) is 1.05. The van der Waals surface area contributed by atoms with Gasteiger partial charge in [0, 0.05) is 17.8 Å². The second kappa shape index (κ2) is 8.66. The molecule has 3 aromatic rings. The van der Waals surface area contributed by atoms with Crippen molar-refractivity contribution in [3.8, 4) is 11.5 Å². The monoisotopic (exact) mass is 472 g/mol. The number of anilines is 2. The summed E-state index contributed by atoms with van der Waals surface area (Å²) in [4.78, 5) is 22.9. The molecule has 2 heterocycles. The lowest BCUT2D eigenvalue weighted by molar-refractivity contribution is 0.102. The third-order valence-corrected chi connectivity index (χ3v) is 5.21. The highest BCUT2D eigenvalue weighted by Crippen LogP contribution is 2.29. The zero-order chi connectivity index (χ0) is 21.1. The van der Waals surface area contributed by atoms with Crippen LogP contribution in [0, 0.1) is 5.82 Å². The van der Waals surface area contributed by atoms with Crippen molar-refractivity contribution in [1.82, 2.24) is 9.97 Å². The van der Waals surface area contributed by atoms with Crippen LogP contribution in [0.2, 0.25) is 0 Å². The van der Waals surface area contributed by atoms with E-state index in [0.29, 0.717) is 40.6 Å². The van der Waals surface area contributed by atoms with Crippen LogP contribution in [0.3, 0.4) is 0 Å². The first-order valence-corrected chi connectivity index (χ1v) is 9.95. The second-order valence-corrected chi connectivity index (χ2v) is 7.52. The lowest BCUT2D eigenvalue weighted by Gasteiger charge is -2.39. The minimum atomic E-state index is -0.358. The van der Waals surface area contributed by atoms with Gasteiger partial charge in [-0.25, -0.2) is 14.4 Å². The number of benzene rings is 2. The van der Waals surface area contributed by atoms with E-state index < -0.39 is 0 Å². The van der Waals surface area contributed by atoms with Crippen LogP contribution in [0.15, 0.2) is 59.3 Å². The Morgan fingerprint density at radius 1 is 1.20 bits per heavy atom. The molecule has 1 aliphatic heterocycles. The van der Waals surface area contributed by atoms with E-state index in [2.05, 4.69) is 31.2 Å². The summed E-state index contributed by atoms with van der Waals surface area (Å²) in [6, 6.07) is 11.4. The van der Waals surface area contributed by atoms with Gasteiger partial charge in [-0.1, -0.05) is 6.07 Å². The van der Waals surface area contributed by atoms with Crippen LogP contribution in [0.4, 0.5) is 15.9 Å². The van der Waals surface area contributed by atoms with Gasteiger partial charge < -0.3 is 19.7 Å². The first-order valence-electron chi connectivity index (χ1n) is 9.16.